The van der Waals surface area contributed by atoms with E-state index >= 15 is 0 Å². The number of hydrogen-bond acceptors (Lipinski definition) is 5. The van der Waals surface area contributed by atoms with Crippen molar-refractivity contribution in [3.8, 4) is 5.75 Å². The van der Waals surface area contributed by atoms with Gasteiger partial charge < -0.3 is 4.74 Å². The molecule has 4 nitrogen and oxygen atoms in total. The first-order chi connectivity index (χ1) is 8.45. The van der Waals surface area contributed by atoms with E-state index in [1.54, 1.807) is 18.3 Å². The Balaban J connectivity index is 2.11. The van der Waals surface area contributed by atoms with Crippen LogP contribution in [0.3, 0.4) is 0 Å². The molecule has 2 aromatic rings. The highest BCUT2D eigenvalue weighted by atomic mass is 35.5. The molecule has 0 amide bonds. The number of aromatic nitrogens is 1. The Morgan fingerprint density at radius 1 is 1.44 bits per heavy atom. The summed E-state index contributed by atoms with van der Waals surface area (Å²) in [4.78, 5) is 5.01. The number of ether oxygens (including phenoxy) is 1. The van der Waals surface area contributed by atoms with Gasteiger partial charge in [0.2, 0.25) is 0 Å². The third-order valence-electron chi connectivity index (χ3n) is 2.14. The molecule has 0 saturated carbocycles. The van der Waals surface area contributed by atoms with Gasteiger partial charge >= 0.3 is 0 Å². The van der Waals surface area contributed by atoms with Crippen LogP contribution in [-0.4, -0.2) is 19.7 Å². The molecule has 0 aliphatic heterocycles. The number of halogens is 1. The first kappa shape index (κ1) is 13.3. The van der Waals surface area contributed by atoms with Crippen LogP contribution in [0.2, 0.25) is 4.47 Å². The molecule has 0 radical (unpaired) electrons. The van der Waals surface area contributed by atoms with E-state index in [1.165, 1.54) is 23.5 Å². The summed E-state index contributed by atoms with van der Waals surface area (Å²) >= 11 is 7.03. The highest BCUT2D eigenvalue weighted by Crippen LogP contribution is 2.21. The lowest BCUT2D eigenvalue weighted by atomic mass is 10.3. The van der Waals surface area contributed by atoms with Crippen molar-refractivity contribution in [3.63, 3.8) is 0 Å². The average molecular weight is 304 g/mol. The van der Waals surface area contributed by atoms with Crippen LogP contribution in [0.5, 0.6) is 5.75 Å². The lowest BCUT2D eigenvalue weighted by Gasteiger charge is -2.05. The predicted octanol–water partition coefficient (Wildman–Crippen LogP) is 2.78. The third kappa shape index (κ3) is 3.44. The fourth-order valence-electron chi connectivity index (χ4n) is 1.30. The van der Waals surface area contributed by atoms with Gasteiger partial charge in [-0.05, 0) is 18.2 Å². The second kappa shape index (κ2) is 5.26. The number of thiazole rings is 1. The second-order valence-corrected chi connectivity index (χ2v) is 7.33. The molecule has 7 heteroatoms. The molecule has 2 rings (SSSR count). The smallest absolute Gasteiger partial charge is 0.183 e. The van der Waals surface area contributed by atoms with Crippen LogP contribution < -0.4 is 4.74 Å². The highest BCUT2D eigenvalue weighted by molar-refractivity contribution is 7.90. The van der Waals surface area contributed by atoms with E-state index in [0.717, 1.165) is 11.1 Å². The lowest BCUT2D eigenvalue weighted by Crippen LogP contribution is -1.98. The Kier molecular flexibility index (Phi) is 3.89. The zero-order valence-electron chi connectivity index (χ0n) is 9.46. The minimum absolute atomic E-state index is 0.238. The van der Waals surface area contributed by atoms with Gasteiger partial charge in [0.05, 0.1) is 9.77 Å². The summed E-state index contributed by atoms with van der Waals surface area (Å²) in [5.41, 5.74) is 0. The zero-order chi connectivity index (χ0) is 13.2. The summed E-state index contributed by atoms with van der Waals surface area (Å²) in [6.45, 7) is 0.317. The zero-order valence-corrected chi connectivity index (χ0v) is 11.8. The van der Waals surface area contributed by atoms with Crippen LogP contribution in [0.15, 0.2) is 35.4 Å². The van der Waals surface area contributed by atoms with E-state index in [1.807, 2.05) is 0 Å². The molecule has 1 aromatic heterocycles. The summed E-state index contributed by atoms with van der Waals surface area (Å²) in [5.74, 6) is 0.502. The number of rotatable bonds is 4. The summed E-state index contributed by atoms with van der Waals surface area (Å²) in [7, 11) is -3.22. The summed E-state index contributed by atoms with van der Waals surface area (Å²) in [6.07, 6.45) is 2.79. The normalized spacial score (nSPS) is 11.4. The number of nitrogens with zero attached hydrogens (tertiary/aromatic N) is 1. The minimum Gasteiger partial charge on any atom is -0.488 e. The molecule has 0 aliphatic carbocycles. The second-order valence-electron chi connectivity index (χ2n) is 3.62. The van der Waals surface area contributed by atoms with Gasteiger partial charge in [-0.1, -0.05) is 17.7 Å². The van der Waals surface area contributed by atoms with Gasteiger partial charge in [0.25, 0.3) is 0 Å². The maximum atomic E-state index is 11.4. The number of hydrogen-bond donors (Lipinski definition) is 0. The van der Waals surface area contributed by atoms with Gasteiger partial charge in [-0.2, -0.15) is 0 Å². The molecule has 0 N–H and O–H groups in total. The van der Waals surface area contributed by atoms with Gasteiger partial charge in [-0.25, -0.2) is 13.4 Å². The van der Waals surface area contributed by atoms with Crippen molar-refractivity contribution < 1.29 is 13.2 Å². The minimum atomic E-state index is -3.22. The molecule has 18 heavy (non-hydrogen) atoms. The van der Waals surface area contributed by atoms with Crippen LogP contribution in [0.4, 0.5) is 0 Å². The molecule has 0 spiro atoms. The van der Waals surface area contributed by atoms with E-state index in [0.29, 0.717) is 16.8 Å². The van der Waals surface area contributed by atoms with Crippen LogP contribution in [0, 0.1) is 0 Å². The molecule has 1 heterocycles. The van der Waals surface area contributed by atoms with Crippen molar-refractivity contribution in [2.24, 2.45) is 0 Å². The van der Waals surface area contributed by atoms with Crippen molar-refractivity contribution in [3.05, 3.63) is 39.8 Å². The van der Waals surface area contributed by atoms with Crippen LogP contribution >= 0.6 is 22.9 Å². The van der Waals surface area contributed by atoms with Gasteiger partial charge in [0.15, 0.2) is 14.3 Å². The average Bonchev–Trinajstić information content (AvgIpc) is 2.72. The van der Waals surface area contributed by atoms with Crippen molar-refractivity contribution >= 4 is 32.8 Å². The Hall–Kier alpha value is -1.11. The molecule has 1 aromatic carbocycles. The van der Waals surface area contributed by atoms with E-state index in [9.17, 15) is 8.42 Å². The maximum absolute atomic E-state index is 11.4. The van der Waals surface area contributed by atoms with E-state index in [4.69, 9.17) is 16.3 Å². The molecule has 0 fully saturated rings. The lowest BCUT2D eigenvalue weighted by molar-refractivity contribution is 0.308. The largest absolute Gasteiger partial charge is 0.488 e. The third-order valence-corrected chi connectivity index (χ3v) is 4.34. The van der Waals surface area contributed by atoms with Gasteiger partial charge in [0.1, 0.15) is 12.4 Å². The van der Waals surface area contributed by atoms with E-state index in [-0.39, 0.29) is 4.90 Å². The first-order valence-corrected chi connectivity index (χ1v) is 8.07. The molecule has 0 unspecified atom stereocenters. The van der Waals surface area contributed by atoms with Gasteiger partial charge in [-0.15, -0.1) is 11.3 Å². The predicted molar refractivity (Wildman–Crippen MR) is 71.0 cm³/mol. The Labute approximate surface area is 114 Å². The SMILES string of the molecule is CS(=O)(=O)c1cccc(OCc2cnc(Cl)s2)c1. The number of sulfone groups is 1. The molecular formula is C11H10ClNO3S2. The monoisotopic (exact) mass is 303 g/mol. The summed E-state index contributed by atoms with van der Waals surface area (Å²) in [6, 6.07) is 6.38. The van der Waals surface area contributed by atoms with Crippen molar-refractivity contribution in [1.82, 2.24) is 4.98 Å². The van der Waals surface area contributed by atoms with E-state index in [2.05, 4.69) is 4.98 Å². The van der Waals surface area contributed by atoms with Gasteiger partial charge in [0, 0.05) is 12.5 Å². The Morgan fingerprint density at radius 2 is 2.22 bits per heavy atom. The Morgan fingerprint density at radius 3 is 2.83 bits per heavy atom. The molecule has 0 bridgehead atoms. The maximum Gasteiger partial charge on any atom is 0.183 e. The fraction of sp³-hybridized carbons (Fsp3) is 0.182. The highest BCUT2D eigenvalue weighted by Gasteiger charge is 2.08. The van der Waals surface area contributed by atoms with Crippen molar-refractivity contribution in [1.29, 1.82) is 0 Å². The van der Waals surface area contributed by atoms with Gasteiger partial charge in [-0.3, -0.25) is 0 Å². The standard InChI is InChI=1S/C11H10ClNO3S2/c1-18(14,15)10-4-2-3-8(5-10)16-7-9-6-13-11(12)17-9/h2-6H,7H2,1H3. The molecule has 0 aliphatic rings. The van der Waals surface area contributed by atoms with Crippen LogP contribution in [0.25, 0.3) is 0 Å². The van der Waals surface area contributed by atoms with E-state index < -0.39 is 9.84 Å². The molecule has 96 valence electrons. The Bertz CT molecular complexity index is 652. The van der Waals surface area contributed by atoms with Crippen molar-refractivity contribution in [2.45, 2.75) is 11.5 Å². The van der Waals surface area contributed by atoms with Crippen molar-refractivity contribution in [2.75, 3.05) is 6.26 Å². The quantitative estimate of drug-likeness (QED) is 0.871. The summed E-state index contributed by atoms with van der Waals surface area (Å²) < 4.78 is 28.7. The molecule has 0 atom stereocenters. The summed E-state index contributed by atoms with van der Waals surface area (Å²) in [5, 5.41) is 0. The fourth-order valence-corrected chi connectivity index (χ4v) is 2.85. The molecule has 0 saturated heterocycles. The first-order valence-electron chi connectivity index (χ1n) is 4.98. The number of benzene rings is 1. The van der Waals surface area contributed by atoms with Crippen LogP contribution in [0.1, 0.15) is 4.88 Å². The topological polar surface area (TPSA) is 56.3 Å². The molecular weight excluding hydrogens is 294 g/mol. The van der Waals surface area contributed by atoms with Crippen LogP contribution in [-0.2, 0) is 16.4 Å².